The SMILES string of the molecule is O=C(O)CCCC(O)C(O)/C=C/C=C/C=C\C=C\[C@@H](O)c1ccccc1. The van der Waals surface area contributed by atoms with E-state index in [1.54, 1.807) is 42.5 Å². The summed E-state index contributed by atoms with van der Waals surface area (Å²) in [6.45, 7) is 0. The first-order chi connectivity index (χ1) is 12.5. The average molecular weight is 358 g/mol. The molecule has 0 radical (unpaired) electrons. The van der Waals surface area contributed by atoms with Gasteiger partial charge in [0.05, 0.1) is 18.3 Å². The second kappa shape index (κ2) is 12.8. The molecule has 0 aliphatic carbocycles. The van der Waals surface area contributed by atoms with Crippen molar-refractivity contribution in [3.05, 3.63) is 84.5 Å². The number of carboxylic acids is 1. The molecule has 1 rings (SSSR count). The van der Waals surface area contributed by atoms with E-state index in [4.69, 9.17) is 5.11 Å². The van der Waals surface area contributed by atoms with E-state index < -0.39 is 24.3 Å². The molecular formula is C21H26O5. The van der Waals surface area contributed by atoms with Gasteiger partial charge >= 0.3 is 5.97 Å². The minimum Gasteiger partial charge on any atom is -0.481 e. The third-order valence-electron chi connectivity index (χ3n) is 3.58. The second-order valence-electron chi connectivity index (χ2n) is 5.74. The van der Waals surface area contributed by atoms with Crippen molar-refractivity contribution in [1.29, 1.82) is 0 Å². The maximum atomic E-state index is 10.4. The van der Waals surface area contributed by atoms with Crippen molar-refractivity contribution < 1.29 is 25.2 Å². The Kier molecular flexibility index (Phi) is 10.6. The highest BCUT2D eigenvalue weighted by molar-refractivity contribution is 5.66. The van der Waals surface area contributed by atoms with Crippen LogP contribution < -0.4 is 0 Å². The average Bonchev–Trinajstić information content (AvgIpc) is 2.63. The van der Waals surface area contributed by atoms with Gasteiger partial charge in [-0.1, -0.05) is 78.9 Å². The topological polar surface area (TPSA) is 98.0 Å². The summed E-state index contributed by atoms with van der Waals surface area (Å²) in [5, 5.41) is 37.9. The molecule has 0 saturated carbocycles. The van der Waals surface area contributed by atoms with Crippen molar-refractivity contribution in [2.75, 3.05) is 0 Å². The zero-order chi connectivity index (χ0) is 19.2. The fraction of sp³-hybridized carbons (Fsp3) is 0.286. The van der Waals surface area contributed by atoms with Gasteiger partial charge in [0.15, 0.2) is 0 Å². The molecule has 0 aliphatic rings. The van der Waals surface area contributed by atoms with Gasteiger partial charge in [-0.25, -0.2) is 0 Å². The lowest BCUT2D eigenvalue weighted by atomic mass is 10.1. The number of aliphatic carboxylic acids is 1. The predicted octanol–water partition coefficient (Wildman–Crippen LogP) is 2.92. The van der Waals surface area contributed by atoms with E-state index in [9.17, 15) is 20.1 Å². The van der Waals surface area contributed by atoms with Gasteiger partial charge in [0.25, 0.3) is 0 Å². The summed E-state index contributed by atoms with van der Waals surface area (Å²) in [4.78, 5) is 10.4. The van der Waals surface area contributed by atoms with E-state index in [-0.39, 0.29) is 12.8 Å². The van der Waals surface area contributed by atoms with Crippen LogP contribution in [0, 0.1) is 0 Å². The molecule has 0 bridgehead atoms. The first kappa shape index (κ1) is 21.6. The summed E-state index contributed by atoms with van der Waals surface area (Å²) in [6, 6.07) is 9.34. The van der Waals surface area contributed by atoms with Gasteiger partial charge in [-0.15, -0.1) is 0 Å². The summed E-state index contributed by atoms with van der Waals surface area (Å²) in [5.74, 6) is -0.915. The van der Waals surface area contributed by atoms with Gasteiger partial charge in [0.1, 0.15) is 0 Å². The number of carbonyl (C=O) groups is 1. The first-order valence-electron chi connectivity index (χ1n) is 8.50. The number of carboxylic acid groups (broad SMARTS) is 1. The van der Waals surface area contributed by atoms with Crippen molar-refractivity contribution in [3.63, 3.8) is 0 Å². The van der Waals surface area contributed by atoms with Crippen LogP contribution in [0.3, 0.4) is 0 Å². The standard InChI is InChI=1S/C21H26O5/c22-18(17-11-6-5-7-12-17)13-8-3-1-2-4-9-14-19(23)20(24)15-10-16-21(25)26/h1-9,11-14,18-20,22-24H,10,15-16H2,(H,25,26)/b3-1-,4-2+,13-8+,14-9+/t18-,19?,20?/m1/s1. The zero-order valence-electron chi connectivity index (χ0n) is 14.6. The number of benzene rings is 1. The number of aliphatic hydroxyl groups excluding tert-OH is 3. The minimum absolute atomic E-state index is 0.0231. The van der Waals surface area contributed by atoms with Crippen LogP contribution in [-0.2, 0) is 4.79 Å². The third kappa shape index (κ3) is 9.74. The molecule has 0 heterocycles. The molecule has 0 saturated heterocycles. The molecule has 5 heteroatoms. The van der Waals surface area contributed by atoms with Crippen molar-refractivity contribution in [2.24, 2.45) is 0 Å². The van der Waals surface area contributed by atoms with Crippen LogP contribution in [-0.4, -0.2) is 38.6 Å². The van der Waals surface area contributed by atoms with Crippen LogP contribution in [0.25, 0.3) is 0 Å². The van der Waals surface area contributed by atoms with E-state index in [1.807, 2.05) is 30.3 Å². The quantitative estimate of drug-likeness (QED) is 0.456. The van der Waals surface area contributed by atoms with Crippen LogP contribution in [0.5, 0.6) is 0 Å². The Labute approximate surface area is 153 Å². The Bertz CT molecular complexity index is 631. The number of allylic oxidation sites excluding steroid dienone is 6. The number of rotatable bonds is 11. The van der Waals surface area contributed by atoms with E-state index in [0.717, 1.165) is 5.56 Å². The monoisotopic (exact) mass is 358 g/mol. The molecule has 0 aromatic heterocycles. The number of hydrogen-bond donors (Lipinski definition) is 4. The normalized spacial score (nSPS) is 16.0. The first-order valence-corrected chi connectivity index (χ1v) is 8.50. The summed E-state index contributed by atoms with van der Waals surface area (Å²) in [7, 11) is 0. The molecular weight excluding hydrogens is 332 g/mol. The predicted molar refractivity (Wildman–Crippen MR) is 101 cm³/mol. The molecule has 3 atom stereocenters. The maximum Gasteiger partial charge on any atom is 0.303 e. The summed E-state index contributed by atoms with van der Waals surface area (Å²) in [6.07, 6.45) is 11.3. The molecule has 26 heavy (non-hydrogen) atoms. The molecule has 1 aromatic carbocycles. The molecule has 140 valence electrons. The lowest BCUT2D eigenvalue weighted by molar-refractivity contribution is -0.137. The molecule has 5 nitrogen and oxygen atoms in total. The molecule has 0 amide bonds. The Morgan fingerprint density at radius 1 is 0.885 bits per heavy atom. The summed E-state index contributed by atoms with van der Waals surface area (Å²) < 4.78 is 0. The summed E-state index contributed by atoms with van der Waals surface area (Å²) in [5.41, 5.74) is 0.825. The fourth-order valence-electron chi connectivity index (χ4n) is 2.13. The molecule has 0 fully saturated rings. The zero-order valence-corrected chi connectivity index (χ0v) is 14.6. The second-order valence-corrected chi connectivity index (χ2v) is 5.74. The lowest BCUT2D eigenvalue weighted by Crippen LogP contribution is -2.23. The Balaban J connectivity index is 2.30. The van der Waals surface area contributed by atoms with Crippen molar-refractivity contribution in [1.82, 2.24) is 0 Å². The van der Waals surface area contributed by atoms with E-state index in [0.29, 0.717) is 6.42 Å². The van der Waals surface area contributed by atoms with Gasteiger partial charge < -0.3 is 20.4 Å². The number of hydrogen-bond acceptors (Lipinski definition) is 4. The number of aliphatic hydroxyl groups is 3. The largest absolute Gasteiger partial charge is 0.481 e. The molecule has 0 aliphatic heterocycles. The Morgan fingerprint density at radius 3 is 2.08 bits per heavy atom. The lowest BCUT2D eigenvalue weighted by Gasteiger charge is -2.13. The maximum absolute atomic E-state index is 10.4. The highest BCUT2D eigenvalue weighted by atomic mass is 16.4. The van der Waals surface area contributed by atoms with Crippen LogP contribution in [0.4, 0.5) is 0 Å². The van der Waals surface area contributed by atoms with Crippen LogP contribution in [0.15, 0.2) is 78.9 Å². The van der Waals surface area contributed by atoms with Gasteiger partial charge in [-0.2, -0.15) is 0 Å². The molecule has 0 spiro atoms. The minimum atomic E-state index is -1.03. The van der Waals surface area contributed by atoms with Crippen molar-refractivity contribution in [3.8, 4) is 0 Å². The summed E-state index contributed by atoms with van der Waals surface area (Å²) >= 11 is 0. The van der Waals surface area contributed by atoms with E-state index >= 15 is 0 Å². The molecule has 4 N–H and O–H groups in total. The van der Waals surface area contributed by atoms with Crippen molar-refractivity contribution >= 4 is 5.97 Å². The van der Waals surface area contributed by atoms with Gasteiger partial charge in [-0.3, -0.25) is 4.79 Å². The van der Waals surface area contributed by atoms with Gasteiger partial charge in [-0.05, 0) is 18.4 Å². The Hall–Kier alpha value is -2.47. The van der Waals surface area contributed by atoms with Gasteiger partial charge in [0, 0.05) is 6.42 Å². The van der Waals surface area contributed by atoms with E-state index in [2.05, 4.69) is 0 Å². The highest BCUT2D eigenvalue weighted by Crippen LogP contribution is 2.12. The van der Waals surface area contributed by atoms with Crippen LogP contribution in [0.1, 0.15) is 30.9 Å². The fourth-order valence-corrected chi connectivity index (χ4v) is 2.13. The van der Waals surface area contributed by atoms with Crippen molar-refractivity contribution in [2.45, 2.75) is 37.6 Å². The smallest absolute Gasteiger partial charge is 0.303 e. The highest BCUT2D eigenvalue weighted by Gasteiger charge is 2.12. The Morgan fingerprint density at radius 2 is 1.46 bits per heavy atom. The third-order valence-corrected chi connectivity index (χ3v) is 3.58. The van der Waals surface area contributed by atoms with Crippen LogP contribution in [0.2, 0.25) is 0 Å². The molecule has 2 unspecified atom stereocenters. The van der Waals surface area contributed by atoms with Crippen LogP contribution >= 0.6 is 0 Å². The van der Waals surface area contributed by atoms with E-state index in [1.165, 1.54) is 6.08 Å². The van der Waals surface area contributed by atoms with Gasteiger partial charge in [0.2, 0.25) is 0 Å². The molecule has 1 aromatic rings.